The SMILES string of the molecule is COC[C@H]1OC(=O)/C(=C/N(C)CCCN(C)C)C2=C(O)C(=O)C3=C([C@H](OC(C)=O)C[C@@]4(C)C3CC[C@@H]4OC(=O)CCCCCCC(=O)O[C@@H]3CC[C@@H](C[C@@H](C)[C@@H]4CC(=O)[C@H](C)/C=C(\C)[C@@H](O)[C@@H](OC)C(=O)[C@H](C)C[C@H](C)/C=C/C=C/C=C(\C)[C@@H](OC)C[C@@H]5CC[C@@H](C)[C@@](O)(O5)C(=O)C(=O)N5CCCC[C@H]5C(=O)O4)C[C@H]3OC)[C@]21C. The highest BCUT2D eigenvalue weighted by Gasteiger charge is 2.66. The highest BCUT2D eigenvalue weighted by molar-refractivity contribution is 6.39. The summed E-state index contributed by atoms with van der Waals surface area (Å²) >= 11 is 0. The molecule has 4 aliphatic heterocycles. The number of fused-ring (bicyclic) bond motifs is 7. The monoisotopic (exact) mass is 1600 g/mol. The van der Waals surface area contributed by atoms with Gasteiger partial charge in [0.05, 0.1) is 35.9 Å². The first kappa shape index (κ1) is 92.5. The zero-order valence-electron chi connectivity index (χ0n) is 70.7. The summed E-state index contributed by atoms with van der Waals surface area (Å²) in [6, 6.07) is -1.23. The molecule has 0 spiro atoms. The molecule has 0 aromatic carbocycles. The summed E-state index contributed by atoms with van der Waals surface area (Å²) in [5.41, 5.74) is -0.268. The Morgan fingerprint density at radius 3 is 2.11 bits per heavy atom. The predicted molar refractivity (Wildman–Crippen MR) is 423 cm³/mol. The maximum Gasteiger partial charge on any atom is 0.340 e. The fourth-order valence-corrected chi connectivity index (χ4v) is 18.9. The number of nitrogens with zero attached hydrogens (tertiary/aromatic N) is 3. The highest BCUT2D eigenvalue weighted by Crippen LogP contribution is 2.64. The minimum Gasteiger partial charge on any atom is -0.504 e. The largest absolute Gasteiger partial charge is 0.504 e. The molecule has 0 aromatic heterocycles. The van der Waals surface area contributed by atoms with Crippen molar-refractivity contribution in [3.8, 4) is 0 Å². The molecule has 3 saturated heterocycles. The lowest BCUT2D eigenvalue weighted by molar-refractivity contribution is -0.265. The second-order valence-electron chi connectivity index (χ2n) is 34.5. The van der Waals surface area contributed by atoms with Crippen molar-refractivity contribution in [2.75, 3.05) is 75.8 Å². The molecule has 26 heteroatoms. The van der Waals surface area contributed by atoms with E-state index < -0.39 is 166 Å². The summed E-state index contributed by atoms with van der Waals surface area (Å²) in [5.74, 6) is -12.8. The number of carbonyl (C=O) groups is 10. The molecule has 0 radical (unpaired) electrons. The molecule has 8 aliphatic rings. The van der Waals surface area contributed by atoms with Crippen LogP contribution in [0.3, 0.4) is 0 Å². The molecule has 3 N–H and O–H groups in total. The van der Waals surface area contributed by atoms with Crippen LogP contribution in [0, 0.1) is 52.3 Å². The first-order valence-corrected chi connectivity index (χ1v) is 41.5. The lowest BCUT2D eigenvalue weighted by Crippen LogP contribution is -2.61. The summed E-state index contributed by atoms with van der Waals surface area (Å²) in [7, 11) is 11.7. The third kappa shape index (κ3) is 22.0. The van der Waals surface area contributed by atoms with Crippen LogP contribution in [0.1, 0.15) is 210 Å². The van der Waals surface area contributed by atoms with Crippen molar-refractivity contribution in [2.24, 2.45) is 52.3 Å². The lowest BCUT2D eigenvalue weighted by atomic mass is 9.53. The number of hydrogen-bond acceptors (Lipinski definition) is 25. The van der Waals surface area contributed by atoms with Gasteiger partial charge in [-0.1, -0.05) is 90.8 Å². The van der Waals surface area contributed by atoms with Gasteiger partial charge in [0.25, 0.3) is 11.7 Å². The number of aliphatic hydroxyl groups is 3. The zero-order chi connectivity index (χ0) is 83.8. The Bertz CT molecular complexity index is 3680. The van der Waals surface area contributed by atoms with Crippen LogP contribution in [0.15, 0.2) is 81.9 Å². The molecule has 0 aromatic rings. The smallest absolute Gasteiger partial charge is 0.340 e. The van der Waals surface area contributed by atoms with Crippen LogP contribution in [0.2, 0.25) is 0 Å². The fraction of sp³-hybridized carbons (Fsp3) is 0.727. The minimum absolute atomic E-state index is 0.0196. The van der Waals surface area contributed by atoms with Crippen molar-refractivity contribution in [2.45, 2.75) is 283 Å². The van der Waals surface area contributed by atoms with Crippen molar-refractivity contribution < 1.29 is 111 Å². The Balaban J connectivity index is 0.888. The van der Waals surface area contributed by atoms with Gasteiger partial charge in [0.2, 0.25) is 11.6 Å². The number of methoxy groups -OCH3 is 4. The van der Waals surface area contributed by atoms with Crippen LogP contribution in [0.4, 0.5) is 0 Å². The van der Waals surface area contributed by atoms with Crippen molar-refractivity contribution in [3.05, 3.63) is 81.9 Å². The van der Waals surface area contributed by atoms with Gasteiger partial charge in [-0.2, -0.15) is 0 Å². The van der Waals surface area contributed by atoms with Gasteiger partial charge in [-0.15, -0.1) is 0 Å². The average Bonchev–Trinajstić information content (AvgIpc) is 1.22. The van der Waals surface area contributed by atoms with Gasteiger partial charge in [-0.25, -0.2) is 9.59 Å². The van der Waals surface area contributed by atoms with E-state index in [1.165, 1.54) is 26.0 Å². The average molecular weight is 1600 g/mol. The first-order valence-electron chi connectivity index (χ1n) is 41.5. The third-order valence-electron chi connectivity index (χ3n) is 25.6. The number of aliphatic hydroxyl groups excluding tert-OH is 2. The molecule has 5 fully saturated rings. The Morgan fingerprint density at radius 1 is 0.754 bits per heavy atom. The van der Waals surface area contributed by atoms with E-state index in [2.05, 4.69) is 0 Å². The molecule has 4 heterocycles. The van der Waals surface area contributed by atoms with Crippen LogP contribution < -0.4 is 0 Å². The molecule has 21 atom stereocenters. The molecule has 2 saturated carbocycles. The van der Waals surface area contributed by atoms with Gasteiger partial charge >= 0.3 is 29.8 Å². The molecular weight excluding hydrogens is 1470 g/mol. The van der Waals surface area contributed by atoms with E-state index in [-0.39, 0.29) is 91.8 Å². The second kappa shape index (κ2) is 41.4. The summed E-state index contributed by atoms with van der Waals surface area (Å²) in [6.07, 6.45) is 12.7. The van der Waals surface area contributed by atoms with E-state index in [9.17, 15) is 63.3 Å². The van der Waals surface area contributed by atoms with Crippen LogP contribution >= 0.6 is 0 Å². The number of ketones is 4. The van der Waals surface area contributed by atoms with Gasteiger partial charge in [-0.05, 0) is 185 Å². The highest BCUT2D eigenvalue weighted by atomic mass is 16.6. The Hall–Kier alpha value is -7.04. The minimum atomic E-state index is -2.50. The number of hydrogen-bond donors (Lipinski definition) is 3. The summed E-state index contributed by atoms with van der Waals surface area (Å²) < 4.78 is 60.4. The van der Waals surface area contributed by atoms with Crippen molar-refractivity contribution in [3.63, 3.8) is 0 Å². The van der Waals surface area contributed by atoms with Crippen molar-refractivity contribution in [1.82, 2.24) is 14.7 Å². The second-order valence-corrected chi connectivity index (χ2v) is 34.5. The first-order chi connectivity index (χ1) is 54.0. The van der Waals surface area contributed by atoms with Crippen LogP contribution in [0.25, 0.3) is 0 Å². The third-order valence-corrected chi connectivity index (χ3v) is 25.6. The number of amides is 1. The van der Waals surface area contributed by atoms with Gasteiger partial charge < -0.3 is 77.4 Å². The fourth-order valence-electron chi connectivity index (χ4n) is 18.9. The van der Waals surface area contributed by atoms with Crippen molar-refractivity contribution in [1.29, 1.82) is 0 Å². The number of cyclic esters (lactones) is 2. The number of ether oxygens (including phenoxy) is 10. The number of Topliss-reactive ketones (excluding diaryl/α,β-unsaturated/α-hetero) is 4. The Labute approximate surface area is 674 Å². The van der Waals surface area contributed by atoms with Gasteiger partial charge in [-0.3, -0.25) is 38.4 Å². The molecule has 8 rings (SSSR count). The van der Waals surface area contributed by atoms with E-state index in [0.29, 0.717) is 114 Å². The molecule has 636 valence electrons. The number of esters is 5. The molecule has 4 aliphatic carbocycles. The summed E-state index contributed by atoms with van der Waals surface area (Å²) in [4.78, 5) is 147. The van der Waals surface area contributed by atoms with Crippen LogP contribution in [-0.4, -0.2) is 238 Å². The van der Waals surface area contributed by atoms with E-state index in [1.807, 2.05) is 82.0 Å². The normalized spacial score (nSPS) is 36.1. The van der Waals surface area contributed by atoms with Crippen molar-refractivity contribution >= 4 is 58.9 Å². The summed E-state index contributed by atoms with van der Waals surface area (Å²) in [5, 5.41) is 36.0. The molecule has 1 unspecified atom stereocenters. The predicted octanol–water partition coefficient (Wildman–Crippen LogP) is 10.8. The number of carbonyl (C=O) groups excluding carboxylic acids is 10. The molecule has 114 heavy (non-hydrogen) atoms. The molecule has 2 bridgehead atoms. The van der Waals surface area contributed by atoms with Gasteiger partial charge in [0, 0.05) is 122 Å². The van der Waals surface area contributed by atoms with Gasteiger partial charge in [0.15, 0.2) is 11.5 Å². The van der Waals surface area contributed by atoms with E-state index in [0.717, 1.165) is 18.5 Å². The number of rotatable bonds is 23. The standard InChI is InChI=1S/C88H131N3O23/c1-51-28-21-20-22-29-52(2)66(106-15)46-60-35-33-57(7)88(104,114-60)82(100)83(101)91-41-26-25-30-63(91)85(103)111-67(47-64(93)53(3)43-56(6)78(97)81(108-17)77(96)55(5)42-51)54(4)44-59-34-37-65(68(45-59)107-16)110-72(94)31-23-18-19-24-32-73(95)112-70-38-36-62-74-76(69(109-58(8)92)48-86(62,70)9)87(10)71(50-105-14)113-84(102)61(75(87)80(99)79(74)98)49-90(13)40-27-39-89(11)12/h20-22,28-29,43,49,51,53-55,57,59-60,62-63,65-71,78,81,97,99,104H,18-19,23-27,30-42,44-48,50H2,1-17H3/b22-20+,28-21+,52-29+,56-43+,61-49+/t51-,53-,54-,55-,57-,59+,60+,62?,63+,65-,66+,67+,68-,69-,70+,71-,78-,81+,86+,87+,88-/m1/s1. The maximum absolute atomic E-state index is 14.9. The van der Waals surface area contributed by atoms with Crippen LogP contribution in [-0.2, 0) is 95.3 Å². The quantitative estimate of drug-likeness (QED) is 0.0214. The maximum atomic E-state index is 14.9. The number of allylic oxidation sites excluding steroid dienone is 7. The molecule has 26 nitrogen and oxygen atoms in total. The topological polar surface area (TPSA) is 333 Å². The number of unbranched alkanes of at least 4 members (excludes halogenated alkanes) is 3. The van der Waals surface area contributed by atoms with Crippen LogP contribution in [0.5, 0.6) is 0 Å². The number of piperidine rings is 1. The van der Waals surface area contributed by atoms with E-state index in [4.69, 9.17) is 47.4 Å². The molecule has 1 amide bonds. The lowest BCUT2D eigenvalue weighted by Gasteiger charge is -2.54. The van der Waals surface area contributed by atoms with Gasteiger partial charge in [0.1, 0.15) is 54.6 Å². The van der Waals surface area contributed by atoms with E-state index in [1.54, 1.807) is 68.2 Å². The Kier molecular flexibility index (Phi) is 33.6. The van der Waals surface area contributed by atoms with E-state index >= 15 is 0 Å². The summed E-state index contributed by atoms with van der Waals surface area (Å²) in [6.45, 7) is 18.8. The molecular formula is C88H131N3O23. The zero-order valence-corrected chi connectivity index (χ0v) is 70.7. The Morgan fingerprint density at radius 2 is 1.46 bits per heavy atom.